The van der Waals surface area contributed by atoms with Crippen LogP contribution in [0.4, 0.5) is 0 Å². The van der Waals surface area contributed by atoms with Crippen molar-refractivity contribution in [3.05, 3.63) is 65.7 Å². The summed E-state index contributed by atoms with van der Waals surface area (Å²) in [5.74, 6) is -0.205. The van der Waals surface area contributed by atoms with Crippen LogP contribution in [0, 0.1) is 0 Å². The van der Waals surface area contributed by atoms with Gasteiger partial charge in [0.1, 0.15) is 5.84 Å². The third-order valence-electron chi connectivity index (χ3n) is 3.78. The number of benzene rings is 2. The zero-order chi connectivity index (χ0) is 18.6. The van der Waals surface area contributed by atoms with Crippen molar-refractivity contribution < 1.29 is 17.9 Å². The highest BCUT2D eigenvalue weighted by Gasteiger charge is 2.29. The van der Waals surface area contributed by atoms with Crippen molar-refractivity contribution in [1.29, 1.82) is 0 Å². The number of hydrogen-bond donors (Lipinski definition) is 1. The molecule has 1 N–H and O–H groups in total. The normalized spacial score (nSPS) is 17.3. The maximum atomic E-state index is 12.0. The van der Waals surface area contributed by atoms with Crippen molar-refractivity contribution in [2.45, 2.75) is 16.7 Å². The Kier molecular flexibility index (Phi) is 5.58. The van der Waals surface area contributed by atoms with Crippen molar-refractivity contribution in [2.75, 3.05) is 13.2 Å². The van der Waals surface area contributed by atoms with Gasteiger partial charge < -0.3 is 4.74 Å². The smallest absolute Gasteiger partial charge is 0.328 e. The number of nitrogens with one attached hydrogen (secondary N) is 1. The second-order valence-corrected chi connectivity index (χ2v) is 7.71. The highest BCUT2D eigenvalue weighted by atomic mass is 35.5. The Balaban J connectivity index is 1.51. The molecule has 26 heavy (non-hydrogen) atoms. The molecule has 2 aromatic rings. The van der Waals surface area contributed by atoms with E-state index in [1.807, 2.05) is 6.07 Å². The van der Waals surface area contributed by atoms with E-state index in [0.29, 0.717) is 29.9 Å². The number of hydrogen-bond acceptors (Lipinski definition) is 5. The Hall–Kier alpha value is -2.38. The van der Waals surface area contributed by atoms with E-state index in [0.717, 1.165) is 0 Å². The molecule has 1 atom stereocenters. The van der Waals surface area contributed by atoms with Gasteiger partial charge in [-0.2, -0.15) is 0 Å². The summed E-state index contributed by atoms with van der Waals surface area (Å²) in [6, 6.07) is 15.6. The first-order chi connectivity index (χ1) is 12.5. The lowest BCUT2D eigenvalue weighted by molar-refractivity contribution is -0.143. The molecule has 2 aromatic carbocycles. The van der Waals surface area contributed by atoms with Crippen LogP contribution in [0.2, 0.25) is 0 Å². The fourth-order valence-corrected chi connectivity index (χ4v) is 3.97. The van der Waals surface area contributed by atoms with E-state index in [9.17, 15) is 13.2 Å². The molecule has 0 amide bonds. The highest BCUT2D eigenvalue weighted by Crippen LogP contribution is 2.23. The van der Waals surface area contributed by atoms with Crippen molar-refractivity contribution in [3.63, 3.8) is 0 Å². The molecule has 1 aliphatic rings. The quantitative estimate of drug-likeness (QED) is 0.465. The monoisotopic (exact) mass is 392 g/mol. The topological polar surface area (TPSA) is 84.8 Å². The zero-order valence-electron chi connectivity index (χ0n) is 13.8. The summed E-state index contributed by atoms with van der Waals surface area (Å²) >= 11 is 6.08. The van der Waals surface area contributed by atoms with Crippen molar-refractivity contribution >= 4 is 33.4 Å². The lowest BCUT2D eigenvalue weighted by Crippen LogP contribution is -2.22. The van der Waals surface area contributed by atoms with Gasteiger partial charge in [-0.1, -0.05) is 42.5 Å². The fraction of sp³-hybridized carbons (Fsp3) is 0.222. The number of esters is 1. The number of nitrogens with zero attached hydrogens (tertiary/aromatic N) is 1. The van der Waals surface area contributed by atoms with Gasteiger partial charge in [0, 0.05) is 18.5 Å². The number of carbonyl (C=O) groups is 1. The molecule has 6 nitrogen and oxygen atoms in total. The first-order valence-corrected chi connectivity index (χ1v) is 9.93. The molecule has 0 saturated heterocycles. The van der Waals surface area contributed by atoms with E-state index < -0.39 is 21.4 Å². The van der Waals surface area contributed by atoms with Gasteiger partial charge in [0.05, 0.1) is 11.5 Å². The lowest BCUT2D eigenvalue weighted by Gasteiger charge is -2.09. The van der Waals surface area contributed by atoms with Crippen molar-refractivity contribution in [2.24, 2.45) is 4.99 Å². The van der Waals surface area contributed by atoms with E-state index in [1.54, 1.807) is 42.5 Å². The van der Waals surface area contributed by atoms with Gasteiger partial charge in [0.25, 0.3) is 10.0 Å². The Morgan fingerprint density at radius 3 is 2.58 bits per heavy atom. The number of alkyl halides is 1. The second-order valence-electron chi connectivity index (χ2n) is 5.63. The standard InChI is InChI=1S/C18H17ClN2O4S/c19-16(13-7-2-1-3-8-13)18(22)25-12-6-11-20-17-14-9-4-5-10-15(14)26(23,24)21-17/h1-5,7-10,16H,6,11-12H2,(H,20,21)/t16-/m1/s1. The minimum absolute atomic E-state index is 0.153. The number of carbonyl (C=O) groups excluding carboxylic acids is 1. The van der Waals surface area contributed by atoms with E-state index >= 15 is 0 Å². The van der Waals surface area contributed by atoms with E-state index in [-0.39, 0.29) is 11.5 Å². The van der Waals surface area contributed by atoms with E-state index in [4.69, 9.17) is 16.3 Å². The first-order valence-electron chi connectivity index (χ1n) is 8.01. The zero-order valence-corrected chi connectivity index (χ0v) is 15.3. The van der Waals surface area contributed by atoms with Gasteiger partial charge >= 0.3 is 5.97 Å². The lowest BCUT2D eigenvalue weighted by atomic mass is 10.1. The highest BCUT2D eigenvalue weighted by molar-refractivity contribution is 7.90. The predicted molar refractivity (Wildman–Crippen MR) is 98.8 cm³/mol. The molecule has 0 aliphatic carbocycles. The number of ether oxygens (including phenoxy) is 1. The van der Waals surface area contributed by atoms with Crippen molar-refractivity contribution in [1.82, 2.24) is 4.72 Å². The molecule has 1 aliphatic heterocycles. The van der Waals surface area contributed by atoms with Crippen LogP contribution in [0.25, 0.3) is 0 Å². The molecular weight excluding hydrogens is 376 g/mol. The summed E-state index contributed by atoms with van der Waals surface area (Å²) in [5.41, 5.74) is 1.23. The molecule has 0 bridgehead atoms. The van der Waals surface area contributed by atoms with Crippen LogP contribution in [0.15, 0.2) is 64.5 Å². The second kappa shape index (κ2) is 7.88. The van der Waals surface area contributed by atoms with E-state index in [1.165, 1.54) is 6.07 Å². The summed E-state index contributed by atoms with van der Waals surface area (Å²) in [6.45, 7) is 0.470. The van der Waals surface area contributed by atoms with E-state index in [2.05, 4.69) is 9.71 Å². The molecule has 136 valence electrons. The Labute approximate surface area is 156 Å². The number of amidine groups is 1. The van der Waals surface area contributed by atoms with Crippen LogP contribution in [-0.2, 0) is 19.6 Å². The molecular formula is C18H17ClN2O4S. The minimum Gasteiger partial charge on any atom is -0.464 e. The molecule has 1 heterocycles. The Bertz CT molecular complexity index is 929. The molecule has 0 fully saturated rings. The van der Waals surface area contributed by atoms with Crippen molar-refractivity contribution in [3.8, 4) is 0 Å². The number of halogens is 1. The van der Waals surface area contributed by atoms with Gasteiger partial charge in [0.2, 0.25) is 0 Å². The van der Waals surface area contributed by atoms with Crippen LogP contribution in [-0.4, -0.2) is 33.4 Å². The minimum atomic E-state index is -3.54. The maximum Gasteiger partial charge on any atom is 0.328 e. The van der Waals surface area contributed by atoms with Crippen LogP contribution >= 0.6 is 11.6 Å². The van der Waals surface area contributed by atoms with Crippen LogP contribution < -0.4 is 4.72 Å². The SMILES string of the molecule is O=C(OCCCN=C1NS(=O)(=O)c2ccccc21)[C@H](Cl)c1ccccc1. The number of fused-ring (bicyclic) bond motifs is 1. The largest absolute Gasteiger partial charge is 0.464 e. The summed E-state index contributed by atoms with van der Waals surface area (Å²) in [6.07, 6.45) is 0.456. The van der Waals surface area contributed by atoms with Gasteiger partial charge in [-0.25, -0.2) is 8.42 Å². The van der Waals surface area contributed by atoms with Gasteiger partial charge in [0.15, 0.2) is 5.38 Å². The molecule has 0 saturated carbocycles. The third kappa shape index (κ3) is 4.05. The fourth-order valence-electron chi connectivity index (χ4n) is 2.51. The van der Waals surface area contributed by atoms with Crippen LogP contribution in [0.1, 0.15) is 22.9 Å². The van der Waals surface area contributed by atoms with Crippen LogP contribution in [0.5, 0.6) is 0 Å². The number of rotatable bonds is 6. The van der Waals surface area contributed by atoms with Gasteiger partial charge in [-0.3, -0.25) is 14.5 Å². The summed E-state index contributed by atoms with van der Waals surface area (Å²) < 4.78 is 31.5. The molecule has 0 radical (unpaired) electrons. The van der Waals surface area contributed by atoms with Crippen LogP contribution in [0.3, 0.4) is 0 Å². The first kappa shape index (κ1) is 18.4. The number of aliphatic imine (C=N–C) groups is 1. The third-order valence-corrected chi connectivity index (χ3v) is 5.61. The molecule has 3 rings (SSSR count). The molecule has 8 heteroatoms. The predicted octanol–water partition coefficient (Wildman–Crippen LogP) is 2.64. The average molecular weight is 393 g/mol. The Morgan fingerprint density at radius 2 is 1.81 bits per heavy atom. The summed E-state index contributed by atoms with van der Waals surface area (Å²) in [5, 5.41) is -0.851. The molecule has 0 spiro atoms. The summed E-state index contributed by atoms with van der Waals surface area (Å²) in [7, 11) is -3.54. The average Bonchev–Trinajstić information content (AvgIpc) is 2.92. The number of sulfonamides is 1. The Morgan fingerprint density at radius 1 is 1.12 bits per heavy atom. The molecule has 0 aromatic heterocycles. The maximum absolute atomic E-state index is 12.0. The summed E-state index contributed by atoms with van der Waals surface area (Å²) in [4.78, 5) is 16.4. The van der Waals surface area contributed by atoms with Gasteiger partial charge in [-0.05, 0) is 17.7 Å². The molecule has 0 unspecified atom stereocenters. The van der Waals surface area contributed by atoms with Gasteiger partial charge in [-0.15, -0.1) is 11.6 Å².